The lowest BCUT2D eigenvalue weighted by atomic mass is 10.1. The zero-order chi connectivity index (χ0) is 17.8. The fourth-order valence-corrected chi connectivity index (χ4v) is 2.81. The van der Waals surface area contributed by atoms with Gasteiger partial charge in [0.2, 0.25) is 11.8 Å². The summed E-state index contributed by atoms with van der Waals surface area (Å²) in [6, 6.07) is 8.68. The van der Waals surface area contributed by atoms with Crippen molar-refractivity contribution in [2.75, 3.05) is 31.0 Å². The van der Waals surface area contributed by atoms with Crippen molar-refractivity contribution in [2.24, 2.45) is 5.92 Å². The summed E-state index contributed by atoms with van der Waals surface area (Å²) >= 11 is 0. The Kier molecular flexibility index (Phi) is 4.83. The molecule has 25 heavy (non-hydrogen) atoms. The van der Waals surface area contributed by atoms with E-state index in [4.69, 9.17) is 9.47 Å². The number of ether oxygens (including phenoxy) is 2. The molecule has 7 nitrogen and oxygen atoms in total. The number of nitrogens with one attached hydrogen (secondary N) is 1. The molecule has 0 bridgehead atoms. The molecule has 1 aliphatic rings. The maximum Gasteiger partial charge on any atom is 0.229 e. The lowest BCUT2D eigenvalue weighted by Crippen LogP contribution is -2.28. The van der Waals surface area contributed by atoms with Crippen molar-refractivity contribution in [1.29, 1.82) is 0 Å². The van der Waals surface area contributed by atoms with Crippen molar-refractivity contribution in [3.8, 4) is 11.5 Å². The van der Waals surface area contributed by atoms with Gasteiger partial charge in [0, 0.05) is 42.8 Å². The molecule has 1 aromatic heterocycles. The van der Waals surface area contributed by atoms with Crippen molar-refractivity contribution in [2.45, 2.75) is 6.42 Å². The Morgan fingerprint density at radius 1 is 1.16 bits per heavy atom. The predicted octanol–water partition coefficient (Wildman–Crippen LogP) is 2.09. The van der Waals surface area contributed by atoms with Crippen LogP contribution in [0.4, 0.5) is 11.4 Å². The van der Waals surface area contributed by atoms with E-state index < -0.39 is 5.92 Å². The Hall–Kier alpha value is -3.09. The van der Waals surface area contributed by atoms with Crippen LogP contribution < -0.4 is 19.7 Å². The predicted molar refractivity (Wildman–Crippen MR) is 92.9 cm³/mol. The Labute approximate surface area is 145 Å². The van der Waals surface area contributed by atoms with Crippen LogP contribution in [0.15, 0.2) is 42.7 Å². The molecule has 2 amide bonds. The van der Waals surface area contributed by atoms with Crippen LogP contribution in [0.2, 0.25) is 0 Å². The molecule has 0 saturated carbocycles. The van der Waals surface area contributed by atoms with E-state index in [0.29, 0.717) is 29.4 Å². The molecule has 1 atom stereocenters. The second kappa shape index (κ2) is 7.21. The molecule has 1 fully saturated rings. The first-order valence-electron chi connectivity index (χ1n) is 7.85. The molecule has 2 aromatic rings. The largest absolute Gasteiger partial charge is 0.493 e. The van der Waals surface area contributed by atoms with Crippen molar-refractivity contribution in [3.05, 3.63) is 42.7 Å². The van der Waals surface area contributed by atoms with Gasteiger partial charge in [-0.25, -0.2) is 0 Å². The molecule has 0 radical (unpaired) electrons. The van der Waals surface area contributed by atoms with Gasteiger partial charge in [0.05, 0.1) is 20.1 Å². The van der Waals surface area contributed by atoms with Crippen molar-refractivity contribution in [3.63, 3.8) is 0 Å². The van der Waals surface area contributed by atoms with Gasteiger partial charge < -0.3 is 19.7 Å². The number of benzene rings is 1. The number of nitrogens with zero attached hydrogens (tertiary/aromatic N) is 2. The topological polar surface area (TPSA) is 80.8 Å². The normalized spacial score (nSPS) is 16.6. The highest BCUT2D eigenvalue weighted by molar-refractivity contribution is 6.03. The van der Waals surface area contributed by atoms with Crippen LogP contribution in [0.1, 0.15) is 6.42 Å². The minimum absolute atomic E-state index is 0.0953. The second-order valence-electron chi connectivity index (χ2n) is 5.67. The first-order chi connectivity index (χ1) is 12.1. The van der Waals surface area contributed by atoms with Crippen LogP contribution in [0, 0.1) is 5.92 Å². The van der Waals surface area contributed by atoms with E-state index in [2.05, 4.69) is 10.3 Å². The molecule has 1 unspecified atom stereocenters. The molecular formula is C18H19N3O4. The quantitative estimate of drug-likeness (QED) is 0.901. The number of rotatable bonds is 5. The van der Waals surface area contributed by atoms with Crippen LogP contribution in [0.3, 0.4) is 0 Å². The molecule has 130 valence electrons. The highest BCUT2D eigenvalue weighted by Gasteiger charge is 2.35. The van der Waals surface area contributed by atoms with Crippen molar-refractivity contribution < 1.29 is 19.1 Å². The molecule has 7 heteroatoms. The lowest BCUT2D eigenvalue weighted by Gasteiger charge is -2.18. The van der Waals surface area contributed by atoms with Crippen LogP contribution >= 0.6 is 0 Å². The zero-order valence-electron chi connectivity index (χ0n) is 14.1. The monoisotopic (exact) mass is 341 g/mol. The number of aromatic nitrogens is 1. The van der Waals surface area contributed by atoms with Gasteiger partial charge in [0.1, 0.15) is 0 Å². The van der Waals surface area contributed by atoms with Gasteiger partial charge in [-0.15, -0.1) is 0 Å². The molecule has 0 aliphatic carbocycles. The van der Waals surface area contributed by atoms with Crippen molar-refractivity contribution >= 4 is 23.2 Å². The first-order valence-corrected chi connectivity index (χ1v) is 7.85. The second-order valence-corrected chi connectivity index (χ2v) is 5.67. The van der Waals surface area contributed by atoms with E-state index in [1.807, 2.05) is 0 Å². The van der Waals surface area contributed by atoms with Gasteiger partial charge in [-0.3, -0.25) is 14.6 Å². The number of carbonyl (C=O) groups is 2. The van der Waals surface area contributed by atoms with Crippen LogP contribution in [0.5, 0.6) is 11.5 Å². The maximum absolute atomic E-state index is 12.4. The Morgan fingerprint density at radius 2 is 1.88 bits per heavy atom. The SMILES string of the molecule is COc1ccc(N2CC(C(=O)Nc3ccncc3)CC2=O)cc1OC. The fourth-order valence-electron chi connectivity index (χ4n) is 2.81. The van der Waals surface area contributed by atoms with E-state index in [1.54, 1.807) is 61.8 Å². The third-order valence-electron chi connectivity index (χ3n) is 4.12. The number of pyridine rings is 1. The Morgan fingerprint density at radius 3 is 2.56 bits per heavy atom. The minimum Gasteiger partial charge on any atom is -0.493 e. The number of carbonyl (C=O) groups excluding carboxylic acids is 2. The summed E-state index contributed by atoms with van der Waals surface area (Å²) in [6.45, 7) is 0.325. The standard InChI is InChI=1S/C18H19N3O4/c1-24-15-4-3-14(10-16(15)25-2)21-11-12(9-17(21)22)18(23)20-13-5-7-19-8-6-13/h3-8,10,12H,9,11H2,1-2H3,(H,19,20,23). The summed E-state index contributed by atoms with van der Waals surface area (Å²) in [5.74, 6) is 0.445. The van der Waals surface area contributed by atoms with Gasteiger partial charge in [0.15, 0.2) is 11.5 Å². The highest BCUT2D eigenvalue weighted by Crippen LogP contribution is 2.34. The van der Waals surface area contributed by atoms with Crippen LogP contribution in [-0.2, 0) is 9.59 Å². The molecule has 1 aromatic carbocycles. The van der Waals surface area contributed by atoms with E-state index in [0.717, 1.165) is 0 Å². The van der Waals surface area contributed by atoms with Gasteiger partial charge in [-0.05, 0) is 24.3 Å². The molecule has 1 aliphatic heterocycles. The molecule has 1 saturated heterocycles. The van der Waals surface area contributed by atoms with E-state index in [9.17, 15) is 9.59 Å². The average Bonchev–Trinajstić information content (AvgIpc) is 3.04. The van der Waals surface area contributed by atoms with Gasteiger partial charge >= 0.3 is 0 Å². The number of amides is 2. The summed E-state index contributed by atoms with van der Waals surface area (Å²) in [7, 11) is 3.09. The molecule has 0 spiro atoms. The Bertz CT molecular complexity index is 779. The van der Waals surface area contributed by atoms with E-state index >= 15 is 0 Å². The molecule has 3 rings (SSSR count). The van der Waals surface area contributed by atoms with Crippen LogP contribution in [0.25, 0.3) is 0 Å². The highest BCUT2D eigenvalue weighted by atomic mass is 16.5. The number of hydrogen-bond donors (Lipinski definition) is 1. The fraction of sp³-hybridized carbons (Fsp3) is 0.278. The maximum atomic E-state index is 12.4. The van der Waals surface area contributed by atoms with E-state index in [-0.39, 0.29) is 18.2 Å². The molecule has 1 N–H and O–H groups in total. The summed E-state index contributed by atoms with van der Waals surface area (Å²) < 4.78 is 10.5. The zero-order valence-corrected chi connectivity index (χ0v) is 14.1. The summed E-state index contributed by atoms with van der Waals surface area (Å²) in [5, 5.41) is 2.81. The smallest absolute Gasteiger partial charge is 0.229 e. The summed E-state index contributed by atoms with van der Waals surface area (Å²) in [5.41, 5.74) is 1.35. The van der Waals surface area contributed by atoms with E-state index in [1.165, 1.54) is 0 Å². The number of methoxy groups -OCH3 is 2. The van der Waals surface area contributed by atoms with Crippen LogP contribution in [-0.4, -0.2) is 37.6 Å². The van der Waals surface area contributed by atoms with Gasteiger partial charge in [-0.1, -0.05) is 0 Å². The van der Waals surface area contributed by atoms with Crippen molar-refractivity contribution in [1.82, 2.24) is 4.98 Å². The summed E-state index contributed by atoms with van der Waals surface area (Å²) in [4.78, 5) is 30.3. The van der Waals surface area contributed by atoms with Gasteiger partial charge in [0.25, 0.3) is 0 Å². The third kappa shape index (κ3) is 3.55. The Balaban J connectivity index is 1.73. The number of anilines is 2. The lowest BCUT2D eigenvalue weighted by molar-refractivity contribution is -0.122. The molecular weight excluding hydrogens is 322 g/mol. The van der Waals surface area contributed by atoms with Gasteiger partial charge in [-0.2, -0.15) is 0 Å². The third-order valence-corrected chi connectivity index (χ3v) is 4.12. The molecule has 2 heterocycles. The average molecular weight is 341 g/mol. The first kappa shape index (κ1) is 16.8. The minimum atomic E-state index is -0.409. The number of hydrogen-bond acceptors (Lipinski definition) is 5. The summed E-state index contributed by atoms with van der Waals surface area (Å²) in [6.07, 6.45) is 3.38.